The Balaban J connectivity index is 0.00000256. The number of aromatic nitrogens is 2. The fraction of sp³-hybridized carbons (Fsp3) is 0.545. The quantitative estimate of drug-likeness (QED) is 0.724. The molecule has 3 heterocycles. The summed E-state index contributed by atoms with van der Waals surface area (Å²) in [5.41, 5.74) is 2.19. The lowest BCUT2D eigenvalue weighted by atomic mass is 9.89. The van der Waals surface area contributed by atoms with E-state index in [9.17, 15) is 4.79 Å². The summed E-state index contributed by atoms with van der Waals surface area (Å²) in [6, 6.07) is 7.94. The van der Waals surface area contributed by atoms with Gasteiger partial charge in [0, 0.05) is 51.9 Å². The van der Waals surface area contributed by atoms with E-state index in [1.807, 2.05) is 48.6 Å². The number of methoxy groups -OCH3 is 1. The number of benzene rings is 1. The second-order valence-corrected chi connectivity index (χ2v) is 8.02. The summed E-state index contributed by atoms with van der Waals surface area (Å²) in [5.74, 6) is 1.05. The number of ether oxygens (including phenoxy) is 2. The molecule has 1 unspecified atom stereocenters. The molecule has 2 aromatic rings. The third-order valence-electron chi connectivity index (χ3n) is 5.95. The van der Waals surface area contributed by atoms with Gasteiger partial charge in [0.25, 0.3) is 0 Å². The van der Waals surface area contributed by atoms with Crippen molar-refractivity contribution in [3.63, 3.8) is 0 Å². The smallest absolute Gasteiger partial charge is 0.228 e. The minimum absolute atomic E-state index is 0. The van der Waals surface area contributed by atoms with Crippen LogP contribution < -0.4 is 10.1 Å². The summed E-state index contributed by atoms with van der Waals surface area (Å²) in [6.07, 6.45) is 6.09. The zero-order valence-corrected chi connectivity index (χ0v) is 18.4. The number of amides is 1. The number of hydrogen-bond donors (Lipinski definition) is 1. The zero-order valence-electron chi connectivity index (χ0n) is 17.6. The van der Waals surface area contributed by atoms with Gasteiger partial charge < -0.3 is 19.7 Å². The highest BCUT2D eigenvalue weighted by Gasteiger charge is 2.38. The van der Waals surface area contributed by atoms with Crippen molar-refractivity contribution < 1.29 is 14.3 Å². The predicted molar refractivity (Wildman–Crippen MR) is 117 cm³/mol. The molecule has 1 amide bonds. The number of halogens is 1. The number of nitrogens with one attached hydrogen (secondary N) is 1. The molecule has 8 heteroatoms. The molecule has 1 aromatic carbocycles. The lowest BCUT2D eigenvalue weighted by Gasteiger charge is -2.30. The molecule has 0 bridgehead atoms. The SMILES string of the molecule is COc1cccc(CN(CC2CCCO2)C(=O)[C@H]2CNC[C@@H]2c2cnn(C)c2)c1.Cl. The Hall–Kier alpha value is -2.09. The van der Waals surface area contributed by atoms with Gasteiger partial charge >= 0.3 is 0 Å². The summed E-state index contributed by atoms with van der Waals surface area (Å²) in [4.78, 5) is 15.6. The number of rotatable bonds is 7. The molecule has 2 aliphatic heterocycles. The predicted octanol–water partition coefficient (Wildman–Crippen LogP) is 2.36. The van der Waals surface area contributed by atoms with E-state index >= 15 is 0 Å². The van der Waals surface area contributed by atoms with E-state index < -0.39 is 0 Å². The monoisotopic (exact) mass is 434 g/mol. The topological polar surface area (TPSA) is 68.6 Å². The molecule has 0 saturated carbocycles. The first kappa shape index (κ1) is 22.6. The third-order valence-corrected chi connectivity index (χ3v) is 5.95. The molecule has 2 aliphatic rings. The average molecular weight is 435 g/mol. The Morgan fingerprint density at radius 2 is 2.27 bits per heavy atom. The summed E-state index contributed by atoms with van der Waals surface area (Å²) in [7, 11) is 3.58. The standard InChI is InChI=1S/C22H30N4O3.ClH/c1-25-14-17(10-24-25)20-11-23-12-21(20)22(27)26(15-19-7-4-8-29-19)13-16-5-3-6-18(9-16)28-2;/h3,5-6,9-10,14,19-21,23H,4,7-8,11-13,15H2,1-2H3;1H/t19?,20-,21+;/m1./s1. The molecule has 0 aliphatic carbocycles. The van der Waals surface area contributed by atoms with E-state index in [1.54, 1.807) is 11.8 Å². The molecule has 4 rings (SSSR count). The number of nitrogens with zero attached hydrogens (tertiary/aromatic N) is 3. The fourth-order valence-electron chi connectivity index (χ4n) is 4.41. The van der Waals surface area contributed by atoms with Crippen molar-refractivity contribution in [2.45, 2.75) is 31.4 Å². The second kappa shape index (κ2) is 10.3. The Morgan fingerprint density at radius 1 is 1.40 bits per heavy atom. The first-order chi connectivity index (χ1) is 14.1. The van der Waals surface area contributed by atoms with Crippen molar-refractivity contribution in [1.82, 2.24) is 20.0 Å². The van der Waals surface area contributed by atoms with Gasteiger partial charge in [-0.15, -0.1) is 12.4 Å². The molecule has 30 heavy (non-hydrogen) atoms. The van der Waals surface area contributed by atoms with E-state index in [0.717, 1.165) is 42.9 Å². The Bertz CT molecular complexity index is 837. The average Bonchev–Trinajstić information content (AvgIpc) is 3.48. The van der Waals surface area contributed by atoms with Gasteiger partial charge in [-0.25, -0.2) is 0 Å². The highest BCUT2D eigenvalue weighted by Crippen LogP contribution is 2.30. The van der Waals surface area contributed by atoms with Gasteiger partial charge in [0.05, 0.1) is 25.3 Å². The van der Waals surface area contributed by atoms with Crippen LogP contribution in [-0.2, 0) is 23.1 Å². The second-order valence-electron chi connectivity index (χ2n) is 8.02. The molecular formula is C22H31ClN4O3. The number of hydrogen-bond acceptors (Lipinski definition) is 5. The van der Waals surface area contributed by atoms with Crippen molar-refractivity contribution in [2.75, 3.05) is 33.4 Å². The molecule has 2 fully saturated rings. The normalized spacial score (nSPS) is 23.2. The third kappa shape index (κ3) is 5.14. The van der Waals surface area contributed by atoms with Crippen LogP contribution in [0.4, 0.5) is 0 Å². The molecule has 0 radical (unpaired) electrons. The van der Waals surface area contributed by atoms with Crippen LogP contribution in [0, 0.1) is 5.92 Å². The minimum Gasteiger partial charge on any atom is -0.497 e. The summed E-state index contributed by atoms with van der Waals surface area (Å²) < 4.78 is 13.0. The maximum absolute atomic E-state index is 13.7. The summed E-state index contributed by atoms with van der Waals surface area (Å²) in [5, 5.41) is 7.71. The van der Waals surface area contributed by atoms with Crippen molar-refractivity contribution in [1.29, 1.82) is 0 Å². The zero-order chi connectivity index (χ0) is 20.2. The Morgan fingerprint density at radius 3 is 2.97 bits per heavy atom. The molecule has 0 spiro atoms. The lowest BCUT2D eigenvalue weighted by Crippen LogP contribution is -2.42. The molecule has 3 atom stereocenters. The molecule has 164 valence electrons. The fourth-order valence-corrected chi connectivity index (χ4v) is 4.41. The largest absolute Gasteiger partial charge is 0.497 e. The first-order valence-electron chi connectivity index (χ1n) is 10.4. The van der Waals surface area contributed by atoms with Gasteiger partial charge in [0.15, 0.2) is 0 Å². The summed E-state index contributed by atoms with van der Waals surface area (Å²) >= 11 is 0. The van der Waals surface area contributed by atoms with Crippen LogP contribution in [0.1, 0.15) is 29.9 Å². The van der Waals surface area contributed by atoms with Crippen LogP contribution in [0.3, 0.4) is 0 Å². The van der Waals surface area contributed by atoms with Crippen LogP contribution in [0.15, 0.2) is 36.7 Å². The van der Waals surface area contributed by atoms with E-state index in [0.29, 0.717) is 19.6 Å². The van der Waals surface area contributed by atoms with E-state index in [4.69, 9.17) is 9.47 Å². The number of aryl methyl sites for hydroxylation is 1. The summed E-state index contributed by atoms with van der Waals surface area (Å²) in [6.45, 7) is 3.47. The molecule has 1 N–H and O–H groups in total. The number of carbonyl (C=O) groups is 1. The van der Waals surface area contributed by atoms with Gasteiger partial charge in [-0.05, 0) is 36.1 Å². The van der Waals surface area contributed by atoms with Crippen LogP contribution in [0.25, 0.3) is 0 Å². The van der Waals surface area contributed by atoms with Crippen molar-refractivity contribution in [3.05, 3.63) is 47.8 Å². The van der Waals surface area contributed by atoms with Gasteiger partial charge in [0.2, 0.25) is 5.91 Å². The van der Waals surface area contributed by atoms with Gasteiger partial charge in [-0.2, -0.15) is 5.10 Å². The van der Waals surface area contributed by atoms with Crippen LogP contribution in [0.5, 0.6) is 5.75 Å². The van der Waals surface area contributed by atoms with Crippen LogP contribution in [-0.4, -0.2) is 60.0 Å². The maximum Gasteiger partial charge on any atom is 0.228 e. The number of carbonyl (C=O) groups excluding carboxylic acids is 1. The van der Waals surface area contributed by atoms with Crippen molar-refractivity contribution >= 4 is 18.3 Å². The van der Waals surface area contributed by atoms with Crippen molar-refractivity contribution in [3.8, 4) is 5.75 Å². The van der Waals surface area contributed by atoms with E-state index in [1.165, 1.54) is 0 Å². The van der Waals surface area contributed by atoms with Crippen LogP contribution in [0.2, 0.25) is 0 Å². The first-order valence-corrected chi connectivity index (χ1v) is 10.4. The maximum atomic E-state index is 13.7. The van der Waals surface area contributed by atoms with Gasteiger partial charge in [-0.3, -0.25) is 9.48 Å². The highest BCUT2D eigenvalue weighted by molar-refractivity contribution is 5.85. The highest BCUT2D eigenvalue weighted by atomic mass is 35.5. The molecule has 7 nitrogen and oxygen atoms in total. The van der Waals surface area contributed by atoms with E-state index in [-0.39, 0.29) is 36.3 Å². The van der Waals surface area contributed by atoms with Gasteiger partial charge in [-0.1, -0.05) is 12.1 Å². The molecular weight excluding hydrogens is 404 g/mol. The lowest BCUT2D eigenvalue weighted by molar-refractivity contribution is -0.137. The van der Waals surface area contributed by atoms with Crippen molar-refractivity contribution in [2.24, 2.45) is 13.0 Å². The van der Waals surface area contributed by atoms with Crippen LogP contribution >= 0.6 is 12.4 Å². The minimum atomic E-state index is -0.0915. The Labute approximate surface area is 184 Å². The van der Waals surface area contributed by atoms with E-state index in [2.05, 4.69) is 10.4 Å². The molecule has 1 aromatic heterocycles. The molecule has 2 saturated heterocycles. The van der Waals surface area contributed by atoms with Gasteiger partial charge in [0.1, 0.15) is 5.75 Å². The Kier molecular flexibility index (Phi) is 7.75.